The van der Waals surface area contributed by atoms with E-state index in [0.717, 1.165) is 5.01 Å². The molecule has 1 aliphatic heterocycles. The maximum absolute atomic E-state index is 12.5. The summed E-state index contributed by atoms with van der Waals surface area (Å²) >= 11 is 0. The van der Waals surface area contributed by atoms with E-state index in [1.54, 1.807) is 54.6 Å². The summed E-state index contributed by atoms with van der Waals surface area (Å²) in [7, 11) is 0. The molecular weight excluding hydrogens is 324 g/mol. The van der Waals surface area contributed by atoms with Crippen molar-refractivity contribution < 1.29 is 24.2 Å². The molecule has 1 aliphatic rings. The number of hydrogen-bond donors (Lipinski definition) is 2. The summed E-state index contributed by atoms with van der Waals surface area (Å²) in [5, 5.41) is 9.89. The molecule has 126 valence electrons. The van der Waals surface area contributed by atoms with Crippen LogP contribution in [0, 0.1) is 0 Å². The van der Waals surface area contributed by atoms with Crippen LogP contribution in [0.15, 0.2) is 60.2 Å². The lowest BCUT2D eigenvalue weighted by Crippen LogP contribution is -2.35. The number of ether oxygens (including phenoxy) is 1. The third-order valence-corrected chi connectivity index (χ3v) is 3.48. The Bertz CT molecular complexity index is 861. The Balaban J connectivity index is 1.90. The highest BCUT2D eigenvalue weighted by Gasteiger charge is 2.34. The Kier molecular flexibility index (Phi) is 4.47. The van der Waals surface area contributed by atoms with Gasteiger partial charge in [0.2, 0.25) is 0 Å². The third kappa shape index (κ3) is 3.50. The lowest BCUT2D eigenvalue weighted by atomic mass is 10.1. The predicted octanol–water partition coefficient (Wildman–Crippen LogP) is 1.61. The van der Waals surface area contributed by atoms with Gasteiger partial charge in [-0.3, -0.25) is 15.0 Å². The minimum atomic E-state index is -1.12. The molecular formula is C18H14N2O5. The van der Waals surface area contributed by atoms with E-state index < -0.39 is 24.4 Å². The minimum Gasteiger partial charge on any atom is -0.481 e. The number of carbonyl (C=O) groups excluding carboxylic acids is 2. The molecule has 2 N–H and O–H groups in total. The van der Waals surface area contributed by atoms with E-state index in [-0.39, 0.29) is 11.3 Å². The molecule has 0 aliphatic carbocycles. The van der Waals surface area contributed by atoms with Gasteiger partial charge in [-0.15, -0.1) is 0 Å². The first-order chi connectivity index (χ1) is 12.1. The number of nitrogens with one attached hydrogen (secondary N) is 1. The molecule has 1 heterocycles. The molecule has 0 bridgehead atoms. The van der Waals surface area contributed by atoms with Crippen molar-refractivity contribution in [2.24, 2.45) is 0 Å². The first-order valence-corrected chi connectivity index (χ1v) is 7.42. The second kappa shape index (κ2) is 6.88. The van der Waals surface area contributed by atoms with Gasteiger partial charge in [-0.25, -0.2) is 9.80 Å². The van der Waals surface area contributed by atoms with Gasteiger partial charge in [0.05, 0.1) is 5.69 Å². The van der Waals surface area contributed by atoms with Crippen LogP contribution in [0.5, 0.6) is 5.75 Å². The summed E-state index contributed by atoms with van der Waals surface area (Å²) in [6.45, 7) is -0.517. The molecule has 3 rings (SSSR count). The van der Waals surface area contributed by atoms with Gasteiger partial charge in [0.15, 0.2) is 6.61 Å². The number of benzene rings is 2. The molecule has 7 nitrogen and oxygen atoms in total. The van der Waals surface area contributed by atoms with Gasteiger partial charge in [-0.05, 0) is 24.3 Å². The number of para-hydroxylation sites is 2. The Morgan fingerprint density at radius 3 is 2.48 bits per heavy atom. The monoisotopic (exact) mass is 338 g/mol. The van der Waals surface area contributed by atoms with Crippen molar-refractivity contribution in [2.75, 3.05) is 11.6 Å². The highest BCUT2D eigenvalue weighted by molar-refractivity contribution is 6.31. The van der Waals surface area contributed by atoms with E-state index in [0.29, 0.717) is 11.3 Å². The van der Waals surface area contributed by atoms with Crippen molar-refractivity contribution in [1.82, 2.24) is 5.43 Å². The summed E-state index contributed by atoms with van der Waals surface area (Å²) in [6, 6.07) is 15.3. The fourth-order valence-corrected chi connectivity index (χ4v) is 2.34. The summed E-state index contributed by atoms with van der Waals surface area (Å²) in [4.78, 5) is 35.4. The van der Waals surface area contributed by atoms with Crippen LogP contribution in [0.4, 0.5) is 5.69 Å². The Morgan fingerprint density at radius 2 is 1.76 bits per heavy atom. The SMILES string of the molecule is O=C(O)COc1ccccc1C=C1C(=O)NN(c2ccccc2)C1=O. The largest absolute Gasteiger partial charge is 0.481 e. The maximum Gasteiger partial charge on any atom is 0.341 e. The molecule has 2 amide bonds. The van der Waals surface area contributed by atoms with Crippen LogP contribution < -0.4 is 15.2 Å². The first kappa shape index (κ1) is 16.3. The van der Waals surface area contributed by atoms with Crippen LogP contribution in [0.25, 0.3) is 6.08 Å². The number of aliphatic carboxylic acids is 1. The van der Waals surface area contributed by atoms with Gasteiger partial charge in [0, 0.05) is 5.56 Å². The third-order valence-electron chi connectivity index (χ3n) is 3.48. The molecule has 1 fully saturated rings. The van der Waals surface area contributed by atoms with Crippen molar-refractivity contribution in [3.63, 3.8) is 0 Å². The molecule has 2 aromatic carbocycles. The molecule has 0 aromatic heterocycles. The summed E-state index contributed by atoms with van der Waals surface area (Å²) in [5.41, 5.74) is 3.42. The Hall–Kier alpha value is -3.61. The van der Waals surface area contributed by atoms with E-state index in [1.165, 1.54) is 6.08 Å². The van der Waals surface area contributed by atoms with Gasteiger partial charge in [0.1, 0.15) is 11.3 Å². The zero-order valence-corrected chi connectivity index (χ0v) is 13.0. The van der Waals surface area contributed by atoms with E-state index in [2.05, 4.69) is 5.43 Å². The second-order valence-corrected chi connectivity index (χ2v) is 5.20. The number of hydrogen-bond acceptors (Lipinski definition) is 4. The summed E-state index contributed by atoms with van der Waals surface area (Å²) in [5.74, 6) is -1.88. The molecule has 0 atom stereocenters. The zero-order valence-electron chi connectivity index (χ0n) is 13.0. The van der Waals surface area contributed by atoms with Crippen LogP contribution in [0.1, 0.15) is 5.56 Å². The Morgan fingerprint density at radius 1 is 1.08 bits per heavy atom. The standard InChI is InChI=1S/C18H14N2O5/c21-16(22)11-25-15-9-5-4-6-12(15)10-14-17(23)19-20(18(14)24)13-7-2-1-3-8-13/h1-10H,11H2,(H,19,23)(H,21,22). The zero-order chi connectivity index (χ0) is 17.8. The van der Waals surface area contributed by atoms with E-state index in [4.69, 9.17) is 9.84 Å². The normalized spacial score (nSPS) is 15.4. The van der Waals surface area contributed by atoms with E-state index >= 15 is 0 Å². The van der Waals surface area contributed by atoms with Gasteiger partial charge in [-0.2, -0.15) is 0 Å². The summed E-state index contributed by atoms with van der Waals surface area (Å²) < 4.78 is 5.19. The van der Waals surface area contributed by atoms with Crippen molar-refractivity contribution in [3.05, 3.63) is 65.7 Å². The molecule has 0 unspecified atom stereocenters. The number of anilines is 1. The molecule has 7 heteroatoms. The van der Waals surface area contributed by atoms with Gasteiger partial charge >= 0.3 is 5.97 Å². The van der Waals surface area contributed by atoms with Crippen LogP contribution in [0.3, 0.4) is 0 Å². The second-order valence-electron chi connectivity index (χ2n) is 5.20. The minimum absolute atomic E-state index is 0.0600. The maximum atomic E-state index is 12.5. The molecule has 0 radical (unpaired) electrons. The van der Waals surface area contributed by atoms with Crippen LogP contribution in [-0.4, -0.2) is 29.5 Å². The van der Waals surface area contributed by atoms with Crippen molar-refractivity contribution in [2.45, 2.75) is 0 Å². The lowest BCUT2D eigenvalue weighted by molar-refractivity contribution is -0.139. The molecule has 0 spiro atoms. The highest BCUT2D eigenvalue weighted by atomic mass is 16.5. The smallest absolute Gasteiger partial charge is 0.341 e. The number of carboxylic acid groups (broad SMARTS) is 1. The Labute approximate surface area is 143 Å². The molecule has 0 saturated carbocycles. The highest BCUT2D eigenvalue weighted by Crippen LogP contribution is 2.25. The van der Waals surface area contributed by atoms with Crippen LogP contribution >= 0.6 is 0 Å². The fraction of sp³-hybridized carbons (Fsp3) is 0.0556. The van der Waals surface area contributed by atoms with Crippen molar-refractivity contribution in [3.8, 4) is 5.75 Å². The predicted molar refractivity (Wildman–Crippen MR) is 89.6 cm³/mol. The molecule has 2 aromatic rings. The molecule has 25 heavy (non-hydrogen) atoms. The van der Waals surface area contributed by atoms with Gasteiger partial charge in [0.25, 0.3) is 11.8 Å². The van der Waals surface area contributed by atoms with Crippen molar-refractivity contribution in [1.29, 1.82) is 0 Å². The number of carboxylic acids is 1. The quantitative estimate of drug-likeness (QED) is 0.638. The summed E-state index contributed by atoms with van der Waals surface area (Å²) in [6.07, 6.45) is 1.39. The number of amides is 2. The van der Waals surface area contributed by atoms with Gasteiger partial charge in [-0.1, -0.05) is 36.4 Å². The van der Waals surface area contributed by atoms with Crippen LogP contribution in [0.2, 0.25) is 0 Å². The number of carbonyl (C=O) groups is 3. The lowest BCUT2D eigenvalue weighted by Gasteiger charge is -2.13. The first-order valence-electron chi connectivity index (χ1n) is 7.42. The van der Waals surface area contributed by atoms with E-state index in [9.17, 15) is 14.4 Å². The van der Waals surface area contributed by atoms with E-state index in [1.807, 2.05) is 0 Å². The van der Waals surface area contributed by atoms with Gasteiger partial charge < -0.3 is 9.84 Å². The molecule has 1 saturated heterocycles. The number of rotatable bonds is 5. The average Bonchev–Trinajstić information content (AvgIpc) is 2.90. The van der Waals surface area contributed by atoms with Crippen LogP contribution in [-0.2, 0) is 14.4 Å². The van der Waals surface area contributed by atoms with Crippen molar-refractivity contribution >= 4 is 29.5 Å². The number of nitrogens with zero attached hydrogens (tertiary/aromatic N) is 1. The topological polar surface area (TPSA) is 95.9 Å². The fourth-order valence-electron chi connectivity index (χ4n) is 2.34. The number of hydrazine groups is 1. The average molecular weight is 338 g/mol.